The molecule has 8 heteroatoms. The molecule has 0 radical (unpaired) electrons. The minimum atomic E-state index is -1.00. The van der Waals surface area contributed by atoms with Crippen molar-refractivity contribution in [2.24, 2.45) is 0 Å². The molecule has 1 aliphatic heterocycles. The fourth-order valence-electron chi connectivity index (χ4n) is 2.89. The first kappa shape index (κ1) is 20.1. The van der Waals surface area contributed by atoms with Crippen LogP contribution in [0.4, 0.5) is 4.79 Å². The molecule has 2 atom stereocenters. The highest BCUT2D eigenvalue weighted by Gasteiger charge is 2.38. The van der Waals surface area contributed by atoms with Crippen LogP contribution >= 0.6 is 0 Å². The topological polar surface area (TPSA) is 99.3 Å². The Morgan fingerprint density at radius 1 is 1.38 bits per heavy atom. The van der Waals surface area contributed by atoms with E-state index < -0.39 is 23.8 Å². The second-order valence-corrected chi connectivity index (χ2v) is 7.28. The van der Waals surface area contributed by atoms with Crippen molar-refractivity contribution in [2.45, 2.75) is 51.5 Å². The van der Waals surface area contributed by atoms with Gasteiger partial charge in [0.05, 0.1) is 6.04 Å². The number of fused-ring (bicyclic) bond motifs is 1. The summed E-state index contributed by atoms with van der Waals surface area (Å²) in [4.78, 5) is 24.8. The van der Waals surface area contributed by atoms with Gasteiger partial charge in [0, 0.05) is 18.6 Å². The minimum absolute atomic E-state index is 0.130. The molecule has 1 heterocycles. The third-order valence-electron chi connectivity index (χ3n) is 4.06. The van der Waals surface area contributed by atoms with Gasteiger partial charge >= 0.3 is 6.09 Å². The van der Waals surface area contributed by atoms with Crippen LogP contribution in [0, 0.1) is 4.91 Å². The van der Waals surface area contributed by atoms with Gasteiger partial charge in [-0.3, -0.25) is 4.90 Å². The zero-order valence-electron chi connectivity index (χ0n) is 15.7. The zero-order valence-corrected chi connectivity index (χ0v) is 15.7. The summed E-state index contributed by atoms with van der Waals surface area (Å²) in [6.07, 6.45) is -1.11. The number of carbonyl (C=O) groups is 1. The van der Waals surface area contributed by atoms with Crippen molar-refractivity contribution in [3.05, 3.63) is 34.2 Å². The summed E-state index contributed by atoms with van der Waals surface area (Å²) in [6, 6.07) is 5.01. The molecule has 0 fully saturated rings. The Morgan fingerprint density at radius 2 is 2.12 bits per heavy atom. The molecule has 8 nitrogen and oxygen atoms in total. The van der Waals surface area contributed by atoms with E-state index in [9.17, 15) is 14.8 Å². The number of nitrogens with one attached hydrogen (secondary N) is 1. The number of carbonyl (C=O) groups excluding carboxylic acids is 1. The van der Waals surface area contributed by atoms with E-state index in [0.717, 1.165) is 11.1 Å². The maximum atomic E-state index is 12.6. The number of rotatable bonds is 6. The van der Waals surface area contributed by atoms with E-state index >= 15 is 0 Å². The molecule has 1 aliphatic rings. The van der Waals surface area contributed by atoms with Gasteiger partial charge in [0.15, 0.2) is 6.79 Å². The van der Waals surface area contributed by atoms with Crippen molar-refractivity contribution in [1.29, 1.82) is 0 Å². The van der Waals surface area contributed by atoms with Gasteiger partial charge in [-0.25, -0.2) is 4.79 Å². The molecule has 2 N–H and O–H groups in total. The minimum Gasteiger partial charge on any atom is -0.468 e. The maximum absolute atomic E-state index is 12.6. The third kappa shape index (κ3) is 5.15. The predicted molar refractivity (Wildman–Crippen MR) is 93.4 cm³/mol. The highest BCUT2D eigenvalue weighted by Crippen LogP contribution is 2.29. The number of nitrogens with zero attached hydrogens (tertiary/aromatic N) is 1. The first-order valence-electron chi connectivity index (χ1n) is 8.51. The van der Waals surface area contributed by atoms with Crippen LogP contribution in [0.25, 0.3) is 0 Å². The molecule has 26 heavy (non-hydrogen) atoms. The van der Waals surface area contributed by atoms with Crippen molar-refractivity contribution < 1.29 is 29.3 Å². The molecule has 0 unspecified atom stereocenters. The van der Waals surface area contributed by atoms with Crippen LogP contribution in [0.5, 0.6) is 5.75 Å². The van der Waals surface area contributed by atoms with E-state index in [1.54, 1.807) is 33.1 Å². The lowest BCUT2D eigenvalue weighted by molar-refractivity contribution is -0.493. The van der Waals surface area contributed by atoms with Gasteiger partial charge in [-0.2, -0.15) is 0 Å². The van der Waals surface area contributed by atoms with Crippen LogP contribution in [0.15, 0.2) is 18.2 Å². The SMILES string of the molecule is COCOc1ccc2c(c1)CN(C(=O)OC(C)(C)C)[C@H]([C@H](O)C[NH+]=O)C2. The molecular formula is C18H27N2O6+. The number of hydrogen-bond donors (Lipinski definition) is 2. The fraction of sp³-hybridized carbons (Fsp3) is 0.611. The Hall–Kier alpha value is -2.19. The van der Waals surface area contributed by atoms with E-state index in [0.29, 0.717) is 12.2 Å². The highest BCUT2D eigenvalue weighted by molar-refractivity contribution is 5.69. The Kier molecular flexibility index (Phi) is 6.55. The van der Waals surface area contributed by atoms with Crippen molar-refractivity contribution in [1.82, 2.24) is 4.90 Å². The van der Waals surface area contributed by atoms with Gasteiger partial charge < -0.3 is 19.3 Å². The highest BCUT2D eigenvalue weighted by atomic mass is 16.7. The molecule has 1 amide bonds. The molecule has 0 saturated carbocycles. The van der Waals surface area contributed by atoms with Crippen LogP contribution in [0.3, 0.4) is 0 Å². The van der Waals surface area contributed by atoms with Crippen molar-refractivity contribution >= 4 is 6.09 Å². The predicted octanol–water partition coefficient (Wildman–Crippen LogP) is 0.539. The largest absolute Gasteiger partial charge is 0.468 e. The number of aliphatic hydroxyl groups excluding tert-OH is 1. The Labute approximate surface area is 153 Å². The Balaban J connectivity index is 2.28. The third-order valence-corrected chi connectivity index (χ3v) is 4.06. The van der Waals surface area contributed by atoms with Gasteiger partial charge in [-0.15, -0.1) is 0 Å². The average Bonchev–Trinajstić information content (AvgIpc) is 2.57. The molecule has 0 aromatic heterocycles. The lowest BCUT2D eigenvalue weighted by Gasteiger charge is -2.38. The molecule has 0 spiro atoms. The average molecular weight is 367 g/mol. The summed E-state index contributed by atoms with van der Waals surface area (Å²) in [7, 11) is 1.54. The van der Waals surface area contributed by atoms with Crippen LogP contribution in [-0.4, -0.2) is 54.3 Å². The van der Waals surface area contributed by atoms with E-state index in [1.807, 2.05) is 18.2 Å². The van der Waals surface area contributed by atoms with Crippen LogP contribution in [0.1, 0.15) is 31.9 Å². The summed E-state index contributed by atoms with van der Waals surface area (Å²) < 4.78 is 15.8. The summed E-state index contributed by atoms with van der Waals surface area (Å²) >= 11 is 0. The van der Waals surface area contributed by atoms with E-state index in [4.69, 9.17) is 14.2 Å². The second-order valence-electron chi connectivity index (χ2n) is 7.28. The monoisotopic (exact) mass is 367 g/mol. The Bertz CT molecular complexity index is 643. The van der Waals surface area contributed by atoms with Gasteiger partial charge in [0.1, 0.15) is 17.5 Å². The number of methoxy groups -OCH3 is 1. The lowest BCUT2D eigenvalue weighted by Crippen LogP contribution is -2.71. The number of nitroso groups, excluding NO2 is 1. The van der Waals surface area contributed by atoms with Crippen molar-refractivity contribution in [3.63, 3.8) is 0 Å². The molecule has 1 aromatic carbocycles. The molecule has 0 aliphatic carbocycles. The molecule has 0 bridgehead atoms. The second kappa shape index (κ2) is 8.46. The number of amides is 1. The summed E-state index contributed by atoms with van der Waals surface area (Å²) in [5.74, 6) is 0.634. The number of aliphatic hydroxyl groups is 1. The lowest BCUT2D eigenvalue weighted by atomic mass is 9.91. The summed E-state index contributed by atoms with van der Waals surface area (Å²) in [5.41, 5.74) is 1.24. The normalized spacial score (nSPS) is 18.0. The van der Waals surface area contributed by atoms with Gasteiger partial charge in [0.25, 0.3) is 0 Å². The number of benzene rings is 1. The van der Waals surface area contributed by atoms with Crippen LogP contribution < -0.4 is 9.91 Å². The van der Waals surface area contributed by atoms with Crippen molar-refractivity contribution in [2.75, 3.05) is 20.4 Å². The molecule has 2 rings (SSSR count). The number of hydrogen-bond acceptors (Lipinski definition) is 6. The van der Waals surface area contributed by atoms with Crippen molar-refractivity contribution in [3.8, 4) is 5.75 Å². The van der Waals surface area contributed by atoms with Gasteiger partial charge in [-0.1, -0.05) is 6.07 Å². The Morgan fingerprint density at radius 3 is 2.73 bits per heavy atom. The number of ether oxygens (including phenoxy) is 3. The standard InChI is InChI=1S/C18H26N2O6/c1-18(2,3)26-17(22)20-10-13-7-14(25-11-24-4)6-5-12(13)8-15(20)16(21)9-19-23/h5-7,15-16,21H,8-11H2,1-4H3/p+1/t15-,16+/m0/s1. The van der Waals surface area contributed by atoms with E-state index in [1.165, 1.54) is 4.90 Å². The van der Waals surface area contributed by atoms with E-state index in [2.05, 4.69) is 0 Å². The van der Waals surface area contributed by atoms with Gasteiger partial charge in [0.2, 0.25) is 6.54 Å². The van der Waals surface area contributed by atoms with Crippen LogP contribution in [-0.2, 0) is 22.4 Å². The molecule has 144 valence electrons. The molecular weight excluding hydrogens is 340 g/mol. The smallest absolute Gasteiger partial charge is 0.410 e. The van der Waals surface area contributed by atoms with Gasteiger partial charge in [-0.05, 0) is 55.6 Å². The first-order chi connectivity index (χ1) is 12.2. The first-order valence-corrected chi connectivity index (χ1v) is 8.51. The molecule has 0 saturated heterocycles. The van der Waals surface area contributed by atoms with Crippen LogP contribution in [0.2, 0.25) is 0 Å². The molecule has 1 aromatic rings. The summed E-state index contributed by atoms with van der Waals surface area (Å²) in [6.45, 7) is 5.58. The maximum Gasteiger partial charge on any atom is 0.410 e. The quantitative estimate of drug-likeness (QED) is 0.712. The zero-order chi connectivity index (χ0) is 19.3. The fourth-order valence-corrected chi connectivity index (χ4v) is 2.89. The van der Waals surface area contributed by atoms with E-state index in [-0.39, 0.29) is 19.9 Å². The summed E-state index contributed by atoms with van der Waals surface area (Å²) in [5, 5.41) is 12.1.